The number of esters is 1. The number of hydrogen-bond acceptors (Lipinski definition) is 4. The normalized spacial score (nSPS) is 13.4. The van der Waals surface area contributed by atoms with E-state index >= 15 is 0 Å². The molecule has 0 spiro atoms. The summed E-state index contributed by atoms with van der Waals surface area (Å²) in [7, 11) is 0. The summed E-state index contributed by atoms with van der Waals surface area (Å²) in [6.07, 6.45) is 1.04. The minimum absolute atomic E-state index is 0.250. The maximum absolute atomic E-state index is 13.2. The highest BCUT2D eigenvalue weighted by atomic mass is 32.1. The predicted molar refractivity (Wildman–Crippen MR) is 145 cm³/mol. The zero-order valence-corrected chi connectivity index (χ0v) is 22.6. The molecule has 0 saturated heterocycles. The molecular weight excluding hydrogens is 497 g/mol. The van der Waals surface area contributed by atoms with Gasteiger partial charge in [0.2, 0.25) is 0 Å². The molecule has 1 aromatic heterocycles. The average molecular weight is 533 g/mol. The van der Waals surface area contributed by atoms with E-state index in [1.165, 1.54) is 42.9 Å². The lowest BCUT2D eigenvalue weighted by atomic mass is 9.88. The van der Waals surface area contributed by atoms with Gasteiger partial charge >= 0.3 is 12.1 Å². The molecule has 3 aromatic rings. The number of ether oxygens (including phenoxy) is 2. The second-order valence-corrected chi connectivity index (χ2v) is 10.9. The summed E-state index contributed by atoms with van der Waals surface area (Å²) in [5, 5.41) is 1.05. The largest absolute Gasteiger partial charge is 0.493 e. The SMILES string of the molecule is C=CC(=O)OCC(C)(COc1ccc2cc(-c3ccc(CCCCC)cc3CC)sc2c1)CC(F)(F)F. The van der Waals surface area contributed by atoms with Gasteiger partial charge in [-0.1, -0.05) is 58.4 Å². The van der Waals surface area contributed by atoms with Crippen LogP contribution in [0.25, 0.3) is 20.5 Å². The minimum atomic E-state index is -4.42. The van der Waals surface area contributed by atoms with Crippen molar-refractivity contribution in [3.63, 3.8) is 0 Å². The van der Waals surface area contributed by atoms with Crippen LogP contribution in [0.2, 0.25) is 0 Å². The smallest absolute Gasteiger partial charge is 0.389 e. The van der Waals surface area contributed by atoms with Gasteiger partial charge in [-0.3, -0.25) is 0 Å². The third-order valence-corrected chi connectivity index (χ3v) is 7.45. The van der Waals surface area contributed by atoms with Gasteiger partial charge in [-0.25, -0.2) is 4.79 Å². The molecule has 0 aliphatic rings. The van der Waals surface area contributed by atoms with E-state index in [1.54, 1.807) is 17.4 Å². The topological polar surface area (TPSA) is 35.5 Å². The van der Waals surface area contributed by atoms with Gasteiger partial charge in [0.1, 0.15) is 12.4 Å². The fourth-order valence-electron chi connectivity index (χ4n) is 4.34. The summed E-state index contributed by atoms with van der Waals surface area (Å²) in [5.74, 6) is -0.285. The third kappa shape index (κ3) is 8.35. The van der Waals surface area contributed by atoms with E-state index < -0.39 is 30.6 Å². The van der Waals surface area contributed by atoms with Gasteiger partial charge in [0, 0.05) is 21.1 Å². The number of rotatable bonds is 13. The van der Waals surface area contributed by atoms with Gasteiger partial charge in [-0.2, -0.15) is 13.2 Å². The Morgan fingerprint density at radius 1 is 1.05 bits per heavy atom. The van der Waals surface area contributed by atoms with Gasteiger partial charge in [-0.05, 0) is 65.6 Å². The van der Waals surface area contributed by atoms with E-state index in [9.17, 15) is 18.0 Å². The van der Waals surface area contributed by atoms with E-state index in [0.29, 0.717) is 5.75 Å². The molecule has 0 saturated carbocycles. The van der Waals surface area contributed by atoms with Gasteiger partial charge in [0.05, 0.1) is 13.0 Å². The van der Waals surface area contributed by atoms with Crippen molar-refractivity contribution >= 4 is 27.4 Å². The van der Waals surface area contributed by atoms with Crippen molar-refractivity contribution in [2.24, 2.45) is 5.41 Å². The quantitative estimate of drug-likeness (QED) is 0.125. The number of unbranched alkanes of at least 4 members (excludes halogenated alkanes) is 2. The summed E-state index contributed by atoms with van der Waals surface area (Å²) in [6.45, 7) is 8.39. The van der Waals surface area contributed by atoms with Crippen molar-refractivity contribution in [2.75, 3.05) is 13.2 Å². The molecule has 0 amide bonds. The van der Waals surface area contributed by atoms with Crippen LogP contribution in [0.4, 0.5) is 13.2 Å². The molecule has 1 atom stereocenters. The number of benzene rings is 2. The number of fused-ring (bicyclic) bond motifs is 1. The Kier molecular flexibility index (Phi) is 9.82. The molecule has 0 radical (unpaired) electrons. The Morgan fingerprint density at radius 3 is 2.51 bits per heavy atom. The molecule has 0 fully saturated rings. The summed E-state index contributed by atoms with van der Waals surface area (Å²) in [5.41, 5.74) is 2.47. The van der Waals surface area contributed by atoms with E-state index in [2.05, 4.69) is 44.7 Å². The number of hydrogen-bond donors (Lipinski definition) is 0. The first kappa shape index (κ1) is 28.8. The van der Waals surface area contributed by atoms with Crippen LogP contribution in [0, 0.1) is 5.41 Å². The average Bonchev–Trinajstić information content (AvgIpc) is 3.28. The molecule has 1 heterocycles. The van der Waals surface area contributed by atoms with Crippen LogP contribution in [0.15, 0.2) is 55.1 Å². The Morgan fingerprint density at radius 2 is 1.84 bits per heavy atom. The van der Waals surface area contributed by atoms with Crippen LogP contribution in [0.1, 0.15) is 57.6 Å². The second kappa shape index (κ2) is 12.6. The molecule has 0 bridgehead atoms. The van der Waals surface area contributed by atoms with E-state index in [-0.39, 0.29) is 6.61 Å². The molecule has 3 nitrogen and oxygen atoms in total. The Labute approximate surface area is 221 Å². The van der Waals surface area contributed by atoms with E-state index in [1.807, 2.05) is 12.1 Å². The maximum Gasteiger partial charge on any atom is 0.389 e. The van der Waals surface area contributed by atoms with Crippen molar-refractivity contribution in [2.45, 2.75) is 65.5 Å². The number of halogens is 3. The molecule has 1 unspecified atom stereocenters. The summed E-state index contributed by atoms with van der Waals surface area (Å²) in [4.78, 5) is 12.6. The molecule has 0 N–H and O–H groups in total. The summed E-state index contributed by atoms with van der Waals surface area (Å²) >= 11 is 1.64. The molecule has 37 heavy (non-hydrogen) atoms. The summed E-state index contributed by atoms with van der Waals surface area (Å²) < 4.78 is 51.4. The molecule has 200 valence electrons. The Bertz CT molecular complexity index is 1210. The van der Waals surface area contributed by atoms with Gasteiger partial charge in [0.25, 0.3) is 0 Å². The van der Waals surface area contributed by atoms with E-state index in [0.717, 1.165) is 33.9 Å². The van der Waals surface area contributed by atoms with Crippen LogP contribution in [0.5, 0.6) is 5.75 Å². The van der Waals surface area contributed by atoms with Crippen LogP contribution >= 0.6 is 11.3 Å². The number of carbonyl (C=O) groups is 1. The molecule has 3 rings (SSSR count). The number of carbonyl (C=O) groups excluding carboxylic acids is 1. The first-order valence-electron chi connectivity index (χ1n) is 12.7. The lowest BCUT2D eigenvalue weighted by molar-refractivity contribution is -0.172. The predicted octanol–water partition coefficient (Wildman–Crippen LogP) is 8.93. The highest BCUT2D eigenvalue weighted by Crippen LogP contribution is 2.39. The zero-order valence-electron chi connectivity index (χ0n) is 21.7. The van der Waals surface area contributed by atoms with E-state index in [4.69, 9.17) is 9.47 Å². The first-order chi connectivity index (χ1) is 17.6. The maximum atomic E-state index is 13.2. The lowest BCUT2D eigenvalue weighted by Crippen LogP contribution is -2.36. The lowest BCUT2D eigenvalue weighted by Gasteiger charge is -2.29. The summed E-state index contributed by atoms with van der Waals surface area (Å²) in [6, 6.07) is 14.4. The second-order valence-electron chi connectivity index (χ2n) is 9.82. The fourth-order valence-corrected chi connectivity index (χ4v) is 5.49. The van der Waals surface area contributed by atoms with Crippen LogP contribution in [-0.2, 0) is 22.4 Å². The van der Waals surface area contributed by atoms with Crippen LogP contribution < -0.4 is 4.74 Å². The van der Waals surface area contributed by atoms with Gasteiger partial charge < -0.3 is 9.47 Å². The van der Waals surface area contributed by atoms with Crippen molar-refractivity contribution < 1.29 is 27.4 Å². The molecule has 0 aliphatic carbocycles. The molecule has 7 heteroatoms. The Balaban J connectivity index is 1.78. The first-order valence-corrected chi connectivity index (χ1v) is 13.5. The minimum Gasteiger partial charge on any atom is -0.493 e. The Hall–Kier alpha value is -2.80. The number of aryl methyl sites for hydroxylation is 2. The van der Waals surface area contributed by atoms with Crippen molar-refractivity contribution in [1.82, 2.24) is 0 Å². The number of alkyl halides is 3. The molecular formula is C30H35F3O3S. The highest BCUT2D eigenvalue weighted by molar-refractivity contribution is 7.22. The third-order valence-electron chi connectivity index (χ3n) is 6.32. The van der Waals surface area contributed by atoms with Crippen molar-refractivity contribution in [3.05, 3.63) is 66.2 Å². The number of thiophene rings is 1. The standard InChI is InChI=1S/C30H35F3O3S/c1-5-8-9-10-21-11-14-25(22(6-2)15-21)27-16-23-12-13-24(17-26(23)37-27)35-19-29(4,18-30(31,32)33)20-36-28(34)7-3/h7,11-17H,3,5-6,8-10,18-20H2,1-2,4H3. The monoisotopic (exact) mass is 532 g/mol. The highest BCUT2D eigenvalue weighted by Gasteiger charge is 2.41. The van der Waals surface area contributed by atoms with Gasteiger partial charge in [-0.15, -0.1) is 11.3 Å². The zero-order chi connectivity index (χ0) is 27.1. The van der Waals surface area contributed by atoms with Crippen molar-refractivity contribution in [3.8, 4) is 16.2 Å². The molecule has 0 aliphatic heterocycles. The molecule has 2 aromatic carbocycles. The van der Waals surface area contributed by atoms with Crippen LogP contribution in [-0.4, -0.2) is 25.4 Å². The van der Waals surface area contributed by atoms with Gasteiger partial charge in [0.15, 0.2) is 0 Å². The fraction of sp³-hybridized carbons (Fsp3) is 0.433. The van der Waals surface area contributed by atoms with Crippen LogP contribution in [0.3, 0.4) is 0 Å². The van der Waals surface area contributed by atoms with Crippen molar-refractivity contribution in [1.29, 1.82) is 0 Å².